The summed E-state index contributed by atoms with van der Waals surface area (Å²) >= 11 is 12.2. The quantitative estimate of drug-likeness (QED) is 0.322. The number of nitrogens with zero attached hydrogens (tertiary/aromatic N) is 2. The highest BCUT2D eigenvalue weighted by molar-refractivity contribution is 7.89. The maximum atomic E-state index is 13.9. The molecule has 7 nitrogen and oxygen atoms in total. The molecule has 1 N–H and O–H groups in total. The van der Waals surface area contributed by atoms with Gasteiger partial charge < -0.3 is 10.2 Å². The Morgan fingerprint density at radius 3 is 2.20 bits per heavy atom. The van der Waals surface area contributed by atoms with Crippen LogP contribution in [0, 0.1) is 0 Å². The molecule has 0 aliphatic heterocycles. The first-order valence-electron chi connectivity index (χ1n) is 13.2. The fourth-order valence-electron chi connectivity index (χ4n) is 4.91. The van der Waals surface area contributed by atoms with Crippen LogP contribution >= 0.6 is 23.2 Å². The molecule has 0 aromatic heterocycles. The van der Waals surface area contributed by atoms with E-state index in [0.29, 0.717) is 10.0 Å². The van der Waals surface area contributed by atoms with E-state index >= 15 is 0 Å². The van der Waals surface area contributed by atoms with Gasteiger partial charge in [0.2, 0.25) is 21.8 Å². The number of amides is 2. The number of benzene rings is 3. The molecule has 1 fully saturated rings. The Balaban J connectivity index is 1.66. The van der Waals surface area contributed by atoms with Gasteiger partial charge >= 0.3 is 0 Å². The van der Waals surface area contributed by atoms with E-state index in [1.807, 2.05) is 36.4 Å². The van der Waals surface area contributed by atoms with Crippen LogP contribution in [0.3, 0.4) is 0 Å². The van der Waals surface area contributed by atoms with Gasteiger partial charge in [-0.25, -0.2) is 8.42 Å². The molecule has 1 atom stereocenters. The lowest BCUT2D eigenvalue weighted by atomic mass is 10.0. The number of sulfonamides is 1. The number of rotatable bonds is 11. The molecule has 0 unspecified atom stereocenters. The average molecular weight is 603 g/mol. The van der Waals surface area contributed by atoms with Crippen molar-refractivity contribution in [1.82, 2.24) is 14.5 Å². The Morgan fingerprint density at radius 2 is 1.55 bits per heavy atom. The molecule has 2 amide bonds. The van der Waals surface area contributed by atoms with Crippen LogP contribution in [0.5, 0.6) is 0 Å². The third-order valence-corrected chi connectivity index (χ3v) is 9.40. The summed E-state index contributed by atoms with van der Waals surface area (Å²) in [5.74, 6) is -0.753. The fourth-order valence-corrected chi connectivity index (χ4v) is 6.37. The number of hydrogen-bond acceptors (Lipinski definition) is 4. The second kappa shape index (κ2) is 13.6. The molecule has 1 aliphatic carbocycles. The normalized spacial score (nSPS) is 14.7. The summed E-state index contributed by atoms with van der Waals surface area (Å²) in [6.07, 6.45) is 4.17. The van der Waals surface area contributed by atoms with E-state index < -0.39 is 28.5 Å². The molecule has 0 bridgehead atoms. The Bertz CT molecular complexity index is 1410. The molecule has 4 rings (SSSR count). The van der Waals surface area contributed by atoms with Crippen LogP contribution in [-0.2, 0) is 32.6 Å². The van der Waals surface area contributed by atoms with Gasteiger partial charge in [-0.2, -0.15) is 4.31 Å². The molecule has 3 aromatic carbocycles. The Labute approximate surface area is 246 Å². The smallest absolute Gasteiger partial charge is 0.243 e. The summed E-state index contributed by atoms with van der Waals surface area (Å²) in [6, 6.07) is 21.5. The molecule has 40 heavy (non-hydrogen) atoms. The highest BCUT2D eigenvalue weighted by Gasteiger charge is 2.34. The minimum absolute atomic E-state index is 0.0217. The van der Waals surface area contributed by atoms with Crippen molar-refractivity contribution in [3.05, 3.63) is 100 Å². The molecular weight excluding hydrogens is 569 g/mol. The highest BCUT2D eigenvalue weighted by Crippen LogP contribution is 2.22. The van der Waals surface area contributed by atoms with Gasteiger partial charge in [0.15, 0.2) is 0 Å². The van der Waals surface area contributed by atoms with Crippen molar-refractivity contribution in [3.63, 3.8) is 0 Å². The molecule has 0 spiro atoms. The molecule has 3 aromatic rings. The minimum atomic E-state index is -3.98. The molecular formula is C30H33Cl2N3O4S. The van der Waals surface area contributed by atoms with Crippen LogP contribution in [0.4, 0.5) is 0 Å². The highest BCUT2D eigenvalue weighted by atomic mass is 35.5. The largest absolute Gasteiger partial charge is 0.352 e. The maximum absolute atomic E-state index is 13.9. The number of hydrogen-bond donors (Lipinski definition) is 1. The molecule has 0 saturated heterocycles. The zero-order valence-electron chi connectivity index (χ0n) is 22.3. The first-order chi connectivity index (χ1) is 19.1. The van der Waals surface area contributed by atoms with Gasteiger partial charge in [-0.1, -0.05) is 78.5 Å². The summed E-state index contributed by atoms with van der Waals surface area (Å²) in [7, 11) is -2.63. The third kappa shape index (κ3) is 7.85. The zero-order valence-corrected chi connectivity index (χ0v) is 24.6. The van der Waals surface area contributed by atoms with Gasteiger partial charge in [-0.05, 0) is 60.4 Å². The summed E-state index contributed by atoms with van der Waals surface area (Å²) in [5, 5.41) is 4.05. The number of nitrogens with one attached hydrogen (secondary N) is 1. The van der Waals surface area contributed by atoms with Crippen LogP contribution in [0.1, 0.15) is 36.8 Å². The van der Waals surface area contributed by atoms with E-state index in [1.165, 1.54) is 36.2 Å². The predicted molar refractivity (Wildman–Crippen MR) is 158 cm³/mol. The van der Waals surface area contributed by atoms with E-state index in [-0.39, 0.29) is 29.8 Å². The SMILES string of the molecule is CN(CC(=O)N(Cc1cccc(Cl)c1)[C@H](Cc1ccccc1)C(=O)NC1CCCC1)S(=O)(=O)c1ccc(Cl)cc1. The minimum Gasteiger partial charge on any atom is -0.352 e. The average Bonchev–Trinajstić information content (AvgIpc) is 3.44. The second-order valence-corrected chi connectivity index (χ2v) is 13.0. The Kier molecular flexibility index (Phi) is 10.2. The van der Waals surface area contributed by atoms with Crippen molar-refractivity contribution in [2.45, 2.75) is 55.6 Å². The molecule has 1 saturated carbocycles. The predicted octanol–water partition coefficient (Wildman–Crippen LogP) is 5.31. The van der Waals surface area contributed by atoms with Crippen molar-refractivity contribution < 1.29 is 18.0 Å². The van der Waals surface area contributed by atoms with E-state index in [2.05, 4.69) is 5.32 Å². The number of halogens is 2. The Morgan fingerprint density at radius 1 is 0.900 bits per heavy atom. The van der Waals surface area contributed by atoms with Crippen molar-refractivity contribution >= 4 is 45.0 Å². The van der Waals surface area contributed by atoms with E-state index in [9.17, 15) is 18.0 Å². The van der Waals surface area contributed by atoms with E-state index in [4.69, 9.17) is 23.2 Å². The summed E-state index contributed by atoms with van der Waals surface area (Å²) in [4.78, 5) is 29.2. The first-order valence-corrected chi connectivity index (χ1v) is 15.4. The van der Waals surface area contributed by atoms with Crippen molar-refractivity contribution in [1.29, 1.82) is 0 Å². The van der Waals surface area contributed by atoms with Gasteiger partial charge in [-0.3, -0.25) is 9.59 Å². The fraction of sp³-hybridized carbons (Fsp3) is 0.333. The topological polar surface area (TPSA) is 86.8 Å². The summed E-state index contributed by atoms with van der Waals surface area (Å²) in [6.45, 7) is -0.364. The zero-order chi connectivity index (χ0) is 28.7. The number of carbonyl (C=O) groups is 2. The monoisotopic (exact) mass is 601 g/mol. The maximum Gasteiger partial charge on any atom is 0.243 e. The van der Waals surface area contributed by atoms with Gasteiger partial charge in [0.1, 0.15) is 6.04 Å². The number of likely N-dealkylation sites (N-methyl/N-ethyl adjacent to an activating group) is 1. The lowest BCUT2D eigenvalue weighted by molar-refractivity contribution is -0.141. The Hall–Kier alpha value is -2.91. The summed E-state index contributed by atoms with van der Waals surface area (Å²) in [5.41, 5.74) is 1.62. The van der Waals surface area contributed by atoms with Gasteiger partial charge in [0, 0.05) is 36.1 Å². The third-order valence-electron chi connectivity index (χ3n) is 7.09. The van der Waals surface area contributed by atoms with Gasteiger partial charge in [0.05, 0.1) is 11.4 Å². The lowest BCUT2D eigenvalue weighted by Crippen LogP contribution is -2.54. The van der Waals surface area contributed by atoms with Gasteiger partial charge in [-0.15, -0.1) is 0 Å². The van der Waals surface area contributed by atoms with Crippen molar-refractivity contribution in [2.75, 3.05) is 13.6 Å². The van der Waals surface area contributed by atoms with Crippen LogP contribution in [-0.4, -0.2) is 55.1 Å². The van der Waals surface area contributed by atoms with Gasteiger partial charge in [0.25, 0.3) is 0 Å². The van der Waals surface area contributed by atoms with E-state index in [1.54, 1.807) is 18.2 Å². The second-order valence-electron chi connectivity index (χ2n) is 10.1. The number of carbonyl (C=O) groups excluding carboxylic acids is 2. The van der Waals surface area contributed by atoms with Crippen LogP contribution in [0.25, 0.3) is 0 Å². The molecule has 0 heterocycles. The van der Waals surface area contributed by atoms with Crippen LogP contribution in [0.15, 0.2) is 83.8 Å². The molecule has 212 valence electrons. The van der Waals surface area contributed by atoms with E-state index in [0.717, 1.165) is 41.1 Å². The van der Waals surface area contributed by atoms with Crippen molar-refractivity contribution in [3.8, 4) is 0 Å². The summed E-state index contributed by atoms with van der Waals surface area (Å²) < 4.78 is 27.5. The first kappa shape index (κ1) is 30.1. The molecule has 0 radical (unpaired) electrons. The molecule has 1 aliphatic rings. The molecule has 10 heteroatoms. The van der Waals surface area contributed by atoms with Crippen molar-refractivity contribution in [2.24, 2.45) is 0 Å². The standard InChI is InChI=1S/C30H33Cl2N3O4S/c1-34(40(38,39)27-16-14-24(31)15-17-27)21-29(36)35(20-23-10-7-11-25(32)18-23)28(19-22-8-3-2-4-9-22)30(37)33-26-12-5-6-13-26/h2-4,7-11,14-18,26,28H,5-6,12-13,19-21H2,1H3,(H,33,37)/t28-/m1/s1. The lowest BCUT2D eigenvalue weighted by Gasteiger charge is -2.33. The van der Waals surface area contributed by atoms with Crippen LogP contribution in [0.2, 0.25) is 10.0 Å². The van der Waals surface area contributed by atoms with Crippen LogP contribution < -0.4 is 5.32 Å².